The first kappa shape index (κ1) is 22.6. The molecular weight excluding hydrogens is 445 g/mol. The number of ketones is 1. The van der Waals surface area contributed by atoms with Gasteiger partial charge in [-0.2, -0.15) is 0 Å². The van der Waals surface area contributed by atoms with E-state index in [2.05, 4.69) is 0 Å². The minimum absolute atomic E-state index is 0.0454. The van der Waals surface area contributed by atoms with E-state index in [1.165, 1.54) is 36.3 Å². The second-order valence-corrected chi connectivity index (χ2v) is 8.09. The molecule has 3 aromatic carbocycles. The van der Waals surface area contributed by atoms with Gasteiger partial charge >= 0.3 is 0 Å². The van der Waals surface area contributed by atoms with Crippen molar-refractivity contribution in [2.45, 2.75) is 12.5 Å². The van der Waals surface area contributed by atoms with Crippen LogP contribution in [0.25, 0.3) is 5.76 Å². The van der Waals surface area contributed by atoms with Crippen molar-refractivity contribution in [3.63, 3.8) is 0 Å². The molecule has 1 unspecified atom stereocenters. The Morgan fingerprint density at radius 2 is 1.76 bits per heavy atom. The van der Waals surface area contributed by atoms with E-state index in [9.17, 15) is 19.1 Å². The van der Waals surface area contributed by atoms with Crippen LogP contribution in [0.2, 0.25) is 5.02 Å². The van der Waals surface area contributed by atoms with Gasteiger partial charge in [-0.3, -0.25) is 9.59 Å². The Morgan fingerprint density at radius 1 is 1.06 bits per heavy atom. The summed E-state index contributed by atoms with van der Waals surface area (Å²) in [5.74, 6) is -1.77. The van der Waals surface area contributed by atoms with Crippen LogP contribution in [0.5, 0.6) is 5.75 Å². The Morgan fingerprint density at radius 3 is 2.42 bits per heavy atom. The highest BCUT2D eigenvalue weighted by Gasteiger charge is 2.45. The van der Waals surface area contributed by atoms with Crippen molar-refractivity contribution in [3.05, 3.63) is 106 Å². The van der Waals surface area contributed by atoms with Gasteiger partial charge < -0.3 is 14.7 Å². The zero-order valence-corrected chi connectivity index (χ0v) is 18.6. The highest BCUT2D eigenvalue weighted by Crippen LogP contribution is 2.39. The van der Waals surface area contributed by atoms with E-state index < -0.39 is 23.5 Å². The SMILES string of the molecule is COc1cccc(/C(O)=C2/C(=O)C(=O)N(CCc3ccc(Cl)cc3)C2c2ccc(F)cc2)c1. The molecule has 168 valence electrons. The molecule has 33 heavy (non-hydrogen) atoms. The quantitative estimate of drug-likeness (QED) is 0.310. The van der Waals surface area contributed by atoms with E-state index in [1.807, 2.05) is 12.1 Å². The van der Waals surface area contributed by atoms with Gasteiger partial charge in [0, 0.05) is 17.1 Å². The zero-order valence-electron chi connectivity index (χ0n) is 17.8. The van der Waals surface area contributed by atoms with Crippen molar-refractivity contribution >= 4 is 29.1 Å². The van der Waals surface area contributed by atoms with Crippen molar-refractivity contribution in [1.29, 1.82) is 0 Å². The van der Waals surface area contributed by atoms with Crippen LogP contribution in [0.4, 0.5) is 4.39 Å². The maximum atomic E-state index is 13.6. The first-order valence-corrected chi connectivity index (χ1v) is 10.7. The molecule has 0 spiro atoms. The number of hydrogen-bond acceptors (Lipinski definition) is 4. The van der Waals surface area contributed by atoms with Gasteiger partial charge in [0.1, 0.15) is 17.3 Å². The molecule has 5 nitrogen and oxygen atoms in total. The van der Waals surface area contributed by atoms with Gasteiger partial charge in [-0.25, -0.2) is 4.39 Å². The van der Waals surface area contributed by atoms with Crippen LogP contribution in [0.15, 0.2) is 78.4 Å². The number of Topliss-reactive ketones (excluding diaryl/α,β-unsaturated/α-hetero) is 1. The van der Waals surface area contributed by atoms with Crippen molar-refractivity contribution in [2.24, 2.45) is 0 Å². The minimum Gasteiger partial charge on any atom is -0.507 e. The number of likely N-dealkylation sites (tertiary alicyclic amines) is 1. The van der Waals surface area contributed by atoms with Gasteiger partial charge in [-0.1, -0.05) is 48.0 Å². The van der Waals surface area contributed by atoms with E-state index in [-0.39, 0.29) is 17.9 Å². The Labute approximate surface area is 195 Å². The molecule has 1 fully saturated rings. The second-order valence-electron chi connectivity index (χ2n) is 7.65. The summed E-state index contributed by atoms with van der Waals surface area (Å²) in [5.41, 5.74) is 1.76. The van der Waals surface area contributed by atoms with Crippen LogP contribution in [0.3, 0.4) is 0 Å². The maximum absolute atomic E-state index is 13.6. The number of halogens is 2. The molecule has 4 rings (SSSR count). The summed E-state index contributed by atoms with van der Waals surface area (Å²) in [7, 11) is 1.49. The van der Waals surface area contributed by atoms with Crippen LogP contribution in [-0.4, -0.2) is 35.4 Å². The lowest BCUT2D eigenvalue weighted by Gasteiger charge is -2.25. The van der Waals surface area contributed by atoms with Crippen LogP contribution < -0.4 is 4.74 Å². The van der Waals surface area contributed by atoms with Crippen LogP contribution in [-0.2, 0) is 16.0 Å². The third kappa shape index (κ3) is 4.61. The fraction of sp³-hybridized carbons (Fsp3) is 0.154. The van der Waals surface area contributed by atoms with E-state index in [0.717, 1.165) is 5.56 Å². The molecule has 1 amide bonds. The molecule has 0 saturated carbocycles. The topological polar surface area (TPSA) is 66.8 Å². The standard InChI is InChI=1S/C26H21ClFNO4/c1-33-21-4-2-3-18(15-21)24(30)22-23(17-7-11-20(28)12-8-17)29(26(32)25(22)31)14-13-16-5-9-19(27)10-6-16/h2-12,15,23,30H,13-14H2,1H3/b24-22-. The molecule has 1 aliphatic rings. The molecule has 3 aromatic rings. The predicted molar refractivity (Wildman–Crippen MR) is 124 cm³/mol. The largest absolute Gasteiger partial charge is 0.507 e. The number of hydrogen-bond donors (Lipinski definition) is 1. The summed E-state index contributed by atoms with van der Waals surface area (Å²) in [6.07, 6.45) is 0.473. The summed E-state index contributed by atoms with van der Waals surface area (Å²) in [5, 5.41) is 11.7. The first-order valence-electron chi connectivity index (χ1n) is 10.3. The lowest BCUT2D eigenvalue weighted by atomic mass is 9.95. The maximum Gasteiger partial charge on any atom is 0.295 e. The Balaban J connectivity index is 1.77. The molecule has 1 N–H and O–H groups in total. The van der Waals surface area contributed by atoms with Gasteiger partial charge in [0.15, 0.2) is 0 Å². The molecule has 1 saturated heterocycles. The molecule has 0 bridgehead atoms. The number of amides is 1. The van der Waals surface area contributed by atoms with Crippen molar-refractivity contribution in [3.8, 4) is 5.75 Å². The Kier molecular flexibility index (Phi) is 6.47. The van der Waals surface area contributed by atoms with Crippen LogP contribution in [0, 0.1) is 5.82 Å². The highest BCUT2D eigenvalue weighted by atomic mass is 35.5. The zero-order chi connectivity index (χ0) is 23.5. The average molecular weight is 466 g/mol. The summed E-state index contributed by atoms with van der Waals surface area (Å²) < 4.78 is 18.8. The molecule has 7 heteroatoms. The molecular formula is C26H21ClFNO4. The number of methoxy groups -OCH3 is 1. The molecule has 1 aliphatic heterocycles. The number of aliphatic hydroxyl groups excluding tert-OH is 1. The smallest absolute Gasteiger partial charge is 0.295 e. The van der Waals surface area contributed by atoms with Crippen molar-refractivity contribution in [1.82, 2.24) is 4.90 Å². The van der Waals surface area contributed by atoms with Crippen molar-refractivity contribution in [2.75, 3.05) is 13.7 Å². The number of benzene rings is 3. The number of carbonyl (C=O) groups is 2. The number of nitrogens with zero attached hydrogens (tertiary/aromatic N) is 1. The molecule has 1 atom stereocenters. The third-order valence-electron chi connectivity index (χ3n) is 5.62. The number of rotatable bonds is 6. The summed E-state index contributed by atoms with van der Waals surface area (Å²) in [4.78, 5) is 27.5. The first-order chi connectivity index (χ1) is 15.9. The van der Waals surface area contributed by atoms with E-state index >= 15 is 0 Å². The lowest BCUT2D eigenvalue weighted by Crippen LogP contribution is -2.31. The Bertz CT molecular complexity index is 1220. The minimum atomic E-state index is -0.857. The fourth-order valence-corrected chi connectivity index (χ4v) is 4.05. The van der Waals surface area contributed by atoms with Gasteiger partial charge in [-0.15, -0.1) is 0 Å². The van der Waals surface area contributed by atoms with Gasteiger partial charge in [0.25, 0.3) is 11.7 Å². The number of ether oxygens (including phenoxy) is 1. The highest BCUT2D eigenvalue weighted by molar-refractivity contribution is 6.46. The molecule has 0 aliphatic carbocycles. The van der Waals surface area contributed by atoms with Crippen molar-refractivity contribution < 1.29 is 23.8 Å². The van der Waals surface area contributed by atoms with E-state index in [1.54, 1.807) is 36.4 Å². The van der Waals surface area contributed by atoms with Gasteiger partial charge in [-0.05, 0) is 53.9 Å². The molecule has 0 aromatic heterocycles. The fourth-order valence-electron chi connectivity index (χ4n) is 3.93. The Hall–Kier alpha value is -3.64. The van der Waals surface area contributed by atoms with Crippen LogP contribution in [0.1, 0.15) is 22.7 Å². The lowest BCUT2D eigenvalue weighted by molar-refractivity contribution is -0.139. The number of carbonyl (C=O) groups excluding carboxylic acids is 2. The molecule has 1 heterocycles. The third-order valence-corrected chi connectivity index (χ3v) is 5.88. The van der Waals surface area contributed by atoms with E-state index in [0.29, 0.717) is 28.3 Å². The summed E-state index contributed by atoms with van der Waals surface area (Å²) in [6, 6.07) is 18.5. The monoisotopic (exact) mass is 465 g/mol. The summed E-state index contributed by atoms with van der Waals surface area (Å²) >= 11 is 5.95. The van der Waals surface area contributed by atoms with Crippen LogP contribution >= 0.6 is 11.6 Å². The second kappa shape index (κ2) is 9.46. The van der Waals surface area contributed by atoms with E-state index in [4.69, 9.17) is 16.3 Å². The average Bonchev–Trinajstić information content (AvgIpc) is 3.08. The normalized spacial score (nSPS) is 17.4. The van der Waals surface area contributed by atoms with Gasteiger partial charge in [0.2, 0.25) is 0 Å². The molecule has 0 radical (unpaired) electrons. The summed E-state index contributed by atoms with van der Waals surface area (Å²) in [6.45, 7) is 0.225. The number of aliphatic hydroxyl groups is 1. The van der Waals surface area contributed by atoms with Gasteiger partial charge in [0.05, 0.1) is 18.7 Å². The predicted octanol–water partition coefficient (Wildman–Crippen LogP) is 5.15.